The van der Waals surface area contributed by atoms with Crippen molar-refractivity contribution >= 4 is 28.9 Å². The predicted molar refractivity (Wildman–Crippen MR) is 122 cm³/mol. The van der Waals surface area contributed by atoms with Crippen LogP contribution < -0.4 is 10.9 Å². The summed E-state index contributed by atoms with van der Waals surface area (Å²) in [6.07, 6.45) is -4.01. The van der Waals surface area contributed by atoms with E-state index in [1.807, 2.05) is 0 Å². The predicted octanol–water partition coefficient (Wildman–Crippen LogP) is 5.91. The fourth-order valence-corrected chi connectivity index (χ4v) is 3.76. The van der Waals surface area contributed by atoms with Gasteiger partial charge in [-0.25, -0.2) is 9.78 Å². The van der Waals surface area contributed by atoms with E-state index < -0.39 is 29.3 Å². The molecule has 10 heteroatoms. The van der Waals surface area contributed by atoms with Gasteiger partial charge in [0, 0.05) is 34.1 Å². The van der Waals surface area contributed by atoms with Gasteiger partial charge in [-0.1, -0.05) is 41.9 Å². The molecule has 2 aromatic heterocycles. The van der Waals surface area contributed by atoms with Crippen molar-refractivity contribution < 1.29 is 23.1 Å². The van der Waals surface area contributed by atoms with Crippen molar-refractivity contribution in [3.05, 3.63) is 98.9 Å². The maximum atomic E-state index is 13.6. The van der Waals surface area contributed by atoms with E-state index in [4.69, 9.17) is 11.6 Å². The first-order chi connectivity index (χ1) is 16.0. The van der Waals surface area contributed by atoms with Crippen LogP contribution >= 0.6 is 11.6 Å². The smallest absolute Gasteiger partial charge is 0.417 e. The van der Waals surface area contributed by atoms with Gasteiger partial charge in [0.25, 0.3) is 5.56 Å². The fraction of sp³-hybridized carbons (Fsp3) is 0.125. The molecular formula is C24H17ClF3N3O3. The number of carboxylic acids is 1. The summed E-state index contributed by atoms with van der Waals surface area (Å²) < 4.78 is 41.7. The Morgan fingerprint density at radius 1 is 1.12 bits per heavy atom. The van der Waals surface area contributed by atoms with E-state index in [-0.39, 0.29) is 27.5 Å². The molecule has 2 aromatic carbocycles. The topological polar surface area (TPSA) is 83.7 Å². The number of hydrogen-bond donors (Lipinski definition) is 2. The van der Waals surface area contributed by atoms with Crippen LogP contribution in [-0.2, 0) is 6.18 Å². The number of aromatic carboxylic acids is 1. The van der Waals surface area contributed by atoms with Gasteiger partial charge in [-0.15, -0.1) is 0 Å². The molecular weight excluding hydrogens is 471 g/mol. The average Bonchev–Trinajstić information content (AvgIpc) is 2.79. The third-order valence-corrected chi connectivity index (χ3v) is 5.47. The Morgan fingerprint density at radius 3 is 2.47 bits per heavy atom. The number of anilines is 1. The molecule has 4 aromatic rings. The van der Waals surface area contributed by atoms with Crippen molar-refractivity contribution in [2.24, 2.45) is 0 Å². The minimum atomic E-state index is -4.72. The van der Waals surface area contributed by atoms with Crippen LogP contribution in [0.5, 0.6) is 0 Å². The number of fused-ring (bicyclic) bond motifs is 1. The van der Waals surface area contributed by atoms with Crippen molar-refractivity contribution in [1.29, 1.82) is 0 Å². The molecule has 34 heavy (non-hydrogen) atoms. The van der Waals surface area contributed by atoms with E-state index in [1.54, 1.807) is 37.3 Å². The lowest BCUT2D eigenvalue weighted by atomic mass is 10.0. The third kappa shape index (κ3) is 4.60. The van der Waals surface area contributed by atoms with Crippen molar-refractivity contribution in [2.45, 2.75) is 19.1 Å². The first-order valence-electron chi connectivity index (χ1n) is 10.0. The second kappa shape index (κ2) is 8.83. The molecule has 0 saturated carbocycles. The van der Waals surface area contributed by atoms with Crippen LogP contribution in [0.3, 0.4) is 0 Å². The lowest BCUT2D eigenvalue weighted by Crippen LogP contribution is -2.21. The van der Waals surface area contributed by atoms with Crippen LogP contribution in [0.25, 0.3) is 16.9 Å². The molecule has 1 atom stereocenters. The molecule has 0 spiro atoms. The molecule has 0 unspecified atom stereocenters. The van der Waals surface area contributed by atoms with Crippen LogP contribution in [0.4, 0.5) is 18.9 Å². The van der Waals surface area contributed by atoms with E-state index in [2.05, 4.69) is 10.3 Å². The number of hydrogen-bond acceptors (Lipinski definition) is 4. The number of aromatic nitrogens is 2. The zero-order valence-electron chi connectivity index (χ0n) is 17.6. The number of nitrogens with one attached hydrogen (secondary N) is 1. The van der Waals surface area contributed by atoms with Crippen LogP contribution in [-0.4, -0.2) is 20.5 Å². The van der Waals surface area contributed by atoms with Crippen molar-refractivity contribution in [2.75, 3.05) is 5.32 Å². The Kier molecular flexibility index (Phi) is 6.05. The molecule has 0 aliphatic carbocycles. The zero-order chi connectivity index (χ0) is 24.6. The number of pyridine rings is 1. The third-order valence-electron chi connectivity index (χ3n) is 5.24. The minimum absolute atomic E-state index is 0.0187. The Balaban J connectivity index is 1.92. The Bertz CT molecular complexity index is 1450. The summed E-state index contributed by atoms with van der Waals surface area (Å²) in [5.41, 5.74) is -0.694. The maximum absolute atomic E-state index is 13.6. The average molecular weight is 488 g/mol. The highest BCUT2D eigenvalue weighted by atomic mass is 35.5. The first-order valence-corrected chi connectivity index (χ1v) is 10.4. The molecule has 0 amide bonds. The summed E-state index contributed by atoms with van der Waals surface area (Å²) in [5, 5.41) is 12.6. The number of halogens is 4. The Hall–Kier alpha value is -3.85. The molecule has 6 nitrogen and oxygen atoms in total. The number of alkyl halides is 3. The number of nitrogens with zero attached hydrogens (tertiary/aromatic N) is 2. The Morgan fingerprint density at radius 2 is 1.82 bits per heavy atom. The van der Waals surface area contributed by atoms with Gasteiger partial charge in [0.1, 0.15) is 5.65 Å². The maximum Gasteiger partial charge on any atom is 0.417 e. The van der Waals surface area contributed by atoms with Gasteiger partial charge < -0.3 is 10.4 Å². The highest BCUT2D eigenvalue weighted by Crippen LogP contribution is 2.34. The normalized spacial score (nSPS) is 12.5. The highest BCUT2D eigenvalue weighted by molar-refractivity contribution is 6.31. The number of benzene rings is 2. The molecule has 4 rings (SSSR count). The molecule has 2 N–H and O–H groups in total. The van der Waals surface area contributed by atoms with Crippen molar-refractivity contribution in [1.82, 2.24) is 9.38 Å². The summed E-state index contributed by atoms with van der Waals surface area (Å²) in [6.45, 7) is 1.55. The number of carboxylic acid groups (broad SMARTS) is 1. The largest absolute Gasteiger partial charge is 0.478 e. The van der Waals surface area contributed by atoms with E-state index in [0.29, 0.717) is 17.5 Å². The van der Waals surface area contributed by atoms with E-state index in [0.717, 1.165) is 10.5 Å². The second-order valence-corrected chi connectivity index (χ2v) is 8.02. The standard InChI is InChI=1S/C24H17ClF3N3O3/c1-13(29-19-8-7-16(25)10-18(19)23(33)34)17-9-15(24(26,27)28)12-31-21(32)11-20(30-22(17)31)14-5-3-2-4-6-14/h2-13,29H,1H3,(H,33,34)/t13-/m1/s1. The molecule has 0 bridgehead atoms. The molecule has 174 valence electrons. The Labute approximate surface area is 196 Å². The summed E-state index contributed by atoms with van der Waals surface area (Å²) in [6, 6.07) is 14.1. The van der Waals surface area contributed by atoms with E-state index in [1.165, 1.54) is 24.3 Å². The first kappa shape index (κ1) is 23.3. The van der Waals surface area contributed by atoms with Crippen LogP contribution in [0.2, 0.25) is 5.02 Å². The molecule has 0 fully saturated rings. The van der Waals surface area contributed by atoms with Crippen LogP contribution in [0, 0.1) is 0 Å². The lowest BCUT2D eigenvalue weighted by molar-refractivity contribution is -0.137. The van der Waals surface area contributed by atoms with Gasteiger partial charge in [-0.05, 0) is 31.2 Å². The summed E-state index contributed by atoms with van der Waals surface area (Å²) >= 11 is 5.89. The van der Waals surface area contributed by atoms with Crippen molar-refractivity contribution in [3.8, 4) is 11.3 Å². The molecule has 0 saturated heterocycles. The van der Waals surface area contributed by atoms with Crippen LogP contribution in [0.15, 0.2) is 71.7 Å². The summed E-state index contributed by atoms with van der Waals surface area (Å²) in [5.74, 6) is -1.26. The second-order valence-electron chi connectivity index (χ2n) is 7.58. The molecule has 0 aliphatic rings. The highest BCUT2D eigenvalue weighted by Gasteiger charge is 2.33. The SMILES string of the molecule is C[C@@H](Nc1ccc(Cl)cc1C(=O)O)c1cc(C(F)(F)F)cn2c(=O)cc(-c3ccccc3)nc12. The molecule has 0 aliphatic heterocycles. The van der Waals surface area contributed by atoms with Gasteiger partial charge in [0.15, 0.2) is 0 Å². The minimum Gasteiger partial charge on any atom is -0.478 e. The number of carbonyl (C=O) groups is 1. The van der Waals surface area contributed by atoms with Gasteiger partial charge >= 0.3 is 12.1 Å². The van der Waals surface area contributed by atoms with Gasteiger partial charge in [-0.3, -0.25) is 9.20 Å². The van der Waals surface area contributed by atoms with Gasteiger partial charge in [-0.2, -0.15) is 13.2 Å². The van der Waals surface area contributed by atoms with E-state index >= 15 is 0 Å². The fourth-order valence-electron chi connectivity index (χ4n) is 3.59. The zero-order valence-corrected chi connectivity index (χ0v) is 18.4. The van der Waals surface area contributed by atoms with Crippen molar-refractivity contribution in [3.63, 3.8) is 0 Å². The van der Waals surface area contributed by atoms with Gasteiger partial charge in [0.05, 0.1) is 22.9 Å². The monoisotopic (exact) mass is 487 g/mol. The molecule has 2 heterocycles. The lowest BCUT2D eigenvalue weighted by Gasteiger charge is -2.21. The molecule has 0 radical (unpaired) electrons. The van der Waals surface area contributed by atoms with Crippen LogP contribution in [0.1, 0.15) is 34.5 Å². The van der Waals surface area contributed by atoms with E-state index in [9.17, 15) is 27.9 Å². The quantitative estimate of drug-likeness (QED) is 0.366. The summed E-state index contributed by atoms with van der Waals surface area (Å²) in [7, 11) is 0. The van der Waals surface area contributed by atoms with Gasteiger partial charge in [0.2, 0.25) is 0 Å². The summed E-state index contributed by atoms with van der Waals surface area (Å²) in [4.78, 5) is 28.9. The number of rotatable bonds is 5.